The SMILES string of the molecule is Fc1cccc(-c2cc(-c3nc(-c4ccccc4)nc(-c4ccccc4)n3)ccc2-n2c3ccccc3c3ccc4sc5ccccc5c4c32)c1. The van der Waals surface area contributed by atoms with Gasteiger partial charge in [0.05, 0.1) is 16.7 Å². The van der Waals surface area contributed by atoms with Crippen LogP contribution < -0.4 is 0 Å². The molecule has 0 fully saturated rings. The third kappa shape index (κ3) is 4.91. The van der Waals surface area contributed by atoms with Gasteiger partial charge < -0.3 is 4.57 Å². The van der Waals surface area contributed by atoms with Crippen molar-refractivity contribution >= 4 is 53.3 Å². The first-order valence-electron chi connectivity index (χ1n) is 16.8. The highest BCUT2D eigenvalue weighted by Crippen LogP contribution is 2.44. The summed E-state index contributed by atoms with van der Waals surface area (Å²) in [4.78, 5) is 14.9. The van der Waals surface area contributed by atoms with Gasteiger partial charge in [-0.2, -0.15) is 0 Å². The molecule has 0 spiro atoms. The van der Waals surface area contributed by atoms with Crippen LogP contribution in [0.25, 0.3) is 93.0 Å². The highest BCUT2D eigenvalue weighted by molar-refractivity contribution is 7.26. The van der Waals surface area contributed by atoms with Crippen LogP contribution >= 0.6 is 11.3 Å². The van der Waals surface area contributed by atoms with Crippen molar-refractivity contribution in [3.63, 3.8) is 0 Å². The van der Waals surface area contributed by atoms with Crippen LogP contribution in [-0.4, -0.2) is 19.5 Å². The minimum Gasteiger partial charge on any atom is -0.308 e. The number of rotatable bonds is 5. The Hall–Kier alpha value is -6.50. The molecule has 0 aliphatic rings. The third-order valence-electron chi connectivity index (χ3n) is 9.51. The van der Waals surface area contributed by atoms with Crippen molar-refractivity contribution in [3.05, 3.63) is 170 Å². The zero-order valence-electron chi connectivity index (χ0n) is 27.2. The van der Waals surface area contributed by atoms with Gasteiger partial charge in [-0.05, 0) is 54.1 Å². The van der Waals surface area contributed by atoms with Gasteiger partial charge in [-0.25, -0.2) is 19.3 Å². The summed E-state index contributed by atoms with van der Waals surface area (Å²) in [6, 6.07) is 54.6. The van der Waals surface area contributed by atoms with Crippen LogP contribution in [0, 0.1) is 5.82 Å². The lowest BCUT2D eigenvalue weighted by molar-refractivity contribution is 0.628. The molecule has 0 aliphatic heterocycles. The number of fused-ring (bicyclic) bond motifs is 7. The van der Waals surface area contributed by atoms with Crippen LogP contribution in [0.2, 0.25) is 0 Å². The maximum atomic E-state index is 15.0. The molecular weight excluding hydrogens is 648 g/mol. The average molecular weight is 675 g/mol. The van der Waals surface area contributed by atoms with E-state index in [-0.39, 0.29) is 5.82 Å². The van der Waals surface area contributed by atoms with Crippen molar-refractivity contribution < 1.29 is 4.39 Å². The van der Waals surface area contributed by atoms with E-state index in [1.165, 1.54) is 31.6 Å². The number of hydrogen-bond donors (Lipinski definition) is 0. The first kappa shape index (κ1) is 29.4. The molecule has 0 unspecified atom stereocenters. The second-order valence-electron chi connectivity index (χ2n) is 12.6. The number of halogens is 1. The molecule has 0 saturated carbocycles. The van der Waals surface area contributed by atoms with Gasteiger partial charge in [0.15, 0.2) is 17.5 Å². The normalized spacial score (nSPS) is 11.6. The molecular formula is C45H27FN4S. The molecule has 10 aromatic rings. The molecule has 0 radical (unpaired) electrons. The average Bonchev–Trinajstić information content (AvgIpc) is 3.74. The van der Waals surface area contributed by atoms with E-state index in [0.29, 0.717) is 17.5 Å². The molecule has 0 aliphatic carbocycles. The standard InChI is InChI=1S/C45H27FN4S/c46-32-17-11-16-30(26-32)36-27-31(45-48-43(28-12-3-1-4-13-28)47-44(49-45)29-14-5-2-6-15-29)22-24-38(36)50-37-20-9-7-18-33(37)34-23-25-40-41(42(34)50)35-19-8-10-21-39(35)51-40/h1-27H. The van der Waals surface area contributed by atoms with Crippen LogP contribution in [0.1, 0.15) is 0 Å². The van der Waals surface area contributed by atoms with Crippen LogP contribution in [0.4, 0.5) is 4.39 Å². The van der Waals surface area contributed by atoms with E-state index in [2.05, 4.69) is 83.4 Å². The Kier molecular flexibility index (Phi) is 6.82. The van der Waals surface area contributed by atoms with Crippen LogP contribution in [0.15, 0.2) is 164 Å². The van der Waals surface area contributed by atoms with E-state index in [1.807, 2.05) is 66.7 Å². The van der Waals surface area contributed by atoms with Crippen molar-refractivity contribution in [3.8, 4) is 51.0 Å². The van der Waals surface area contributed by atoms with Crippen molar-refractivity contribution in [1.82, 2.24) is 19.5 Å². The van der Waals surface area contributed by atoms with Crippen molar-refractivity contribution in [2.75, 3.05) is 0 Å². The molecule has 0 bridgehead atoms. The van der Waals surface area contributed by atoms with Gasteiger partial charge in [-0.15, -0.1) is 11.3 Å². The zero-order valence-corrected chi connectivity index (χ0v) is 28.0. The molecule has 3 heterocycles. The molecule has 240 valence electrons. The maximum absolute atomic E-state index is 15.0. The number of hydrogen-bond acceptors (Lipinski definition) is 4. The topological polar surface area (TPSA) is 43.6 Å². The number of thiophene rings is 1. The molecule has 3 aromatic heterocycles. The Morgan fingerprint density at radius 2 is 1.08 bits per heavy atom. The summed E-state index contributed by atoms with van der Waals surface area (Å²) >= 11 is 1.81. The van der Waals surface area contributed by atoms with E-state index >= 15 is 4.39 Å². The predicted molar refractivity (Wildman–Crippen MR) is 209 cm³/mol. The summed E-state index contributed by atoms with van der Waals surface area (Å²) in [6.45, 7) is 0. The molecule has 0 atom stereocenters. The molecule has 0 saturated heterocycles. The largest absolute Gasteiger partial charge is 0.308 e. The molecule has 7 aromatic carbocycles. The monoisotopic (exact) mass is 674 g/mol. The minimum absolute atomic E-state index is 0.296. The summed E-state index contributed by atoms with van der Waals surface area (Å²) < 4.78 is 19.9. The highest BCUT2D eigenvalue weighted by atomic mass is 32.1. The van der Waals surface area contributed by atoms with Gasteiger partial charge in [0, 0.05) is 53.2 Å². The Morgan fingerprint density at radius 3 is 1.80 bits per heavy atom. The van der Waals surface area contributed by atoms with Crippen molar-refractivity contribution in [2.24, 2.45) is 0 Å². The zero-order chi connectivity index (χ0) is 33.9. The van der Waals surface area contributed by atoms with Crippen LogP contribution in [0.5, 0.6) is 0 Å². The number of benzene rings is 7. The second kappa shape index (κ2) is 11.8. The Balaban J connectivity index is 1.28. The van der Waals surface area contributed by atoms with Gasteiger partial charge in [0.25, 0.3) is 0 Å². The fraction of sp³-hybridized carbons (Fsp3) is 0. The Bertz CT molecular complexity index is 2870. The number of aromatic nitrogens is 4. The van der Waals surface area contributed by atoms with E-state index in [1.54, 1.807) is 23.5 Å². The third-order valence-corrected chi connectivity index (χ3v) is 10.6. The number of para-hydroxylation sites is 1. The van der Waals surface area contributed by atoms with Gasteiger partial charge in [0.2, 0.25) is 0 Å². The van der Waals surface area contributed by atoms with E-state index in [0.717, 1.165) is 49.9 Å². The molecule has 6 heteroatoms. The lowest BCUT2D eigenvalue weighted by Crippen LogP contribution is -2.02. The van der Waals surface area contributed by atoms with Gasteiger partial charge in [-0.3, -0.25) is 0 Å². The fourth-order valence-electron chi connectivity index (χ4n) is 7.21. The summed E-state index contributed by atoms with van der Waals surface area (Å²) in [5, 5.41) is 4.78. The summed E-state index contributed by atoms with van der Waals surface area (Å²) in [5.41, 5.74) is 7.40. The molecule has 51 heavy (non-hydrogen) atoms. The first-order chi connectivity index (χ1) is 25.2. The van der Waals surface area contributed by atoms with E-state index in [9.17, 15) is 0 Å². The van der Waals surface area contributed by atoms with Gasteiger partial charge in [-0.1, -0.05) is 115 Å². The molecule has 4 nitrogen and oxygen atoms in total. The summed E-state index contributed by atoms with van der Waals surface area (Å²) in [5.74, 6) is 1.42. The summed E-state index contributed by atoms with van der Waals surface area (Å²) in [6.07, 6.45) is 0. The molecule has 0 N–H and O–H groups in total. The van der Waals surface area contributed by atoms with Crippen LogP contribution in [-0.2, 0) is 0 Å². The first-order valence-corrected chi connectivity index (χ1v) is 17.6. The second-order valence-corrected chi connectivity index (χ2v) is 13.6. The highest BCUT2D eigenvalue weighted by Gasteiger charge is 2.21. The Morgan fingerprint density at radius 1 is 0.451 bits per heavy atom. The predicted octanol–water partition coefficient (Wildman–Crippen LogP) is 12.1. The smallest absolute Gasteiger partial charge is 0.164 e. The summed E-state index contributed by atoms with van der Waals surface area (Å²) in [7, 11) is 0. The lowest BCUT2D eigenvalue weighted by Gasteiger charge is -2.17. The van der Waals surface area contributed by atoms with Crippen molar-refractivity contribution in [2.45, 2.75) is 0 Å². The van der Waals surface area contributed by atoms with Crippen LogP contribution in [0.3, 0.4) is 0 Å². The quantitative estimate of drug-likeness (QED) is 0.182. The maximum Gasteiger partial charge on any atom is 0.164 e. The molecule has 0 amide bonds. The number of nitrogens with zero attached hydrogens (tertiary/aromatic N) is 4. The van der Waals surface area contributed by atoms with Gasteiger partial charge >= 0.3 is 0 Å². The van der Waals surface area contributed by atoms with E-state index < -0.39 is 0 Å². The molecule has 10 rings (SSSR count). The van der Waals surface area contributed by atoms with E-state index in [4.69, 9.17) is 15.0 Å². The lowest BCUT2D eigenvalue weighted by atomic mass is 9.99. The fourth-order valence-corrected chi connectivity index (χ4v) is 8.32. The minimum atomic E-state index is -0.296. The Labute approximate surface area is 296 Å². The van der Waals surface area contributed by atoms with Crippen molar-refractivity contribution in [1.29, 1.82) is 0 Å². The van der Waals surface area contributed by atoms with Gasteiger partial charge in [0.1, 0.15) is 5.82 Å².